The van der Waals surface area contributed by atoms with Gasteiger partial charge in [-0.3, -0.25) is 0 Å². The van der Waals surface area contributed by atoms with E-state index >= 15 is 0 Å². The van der Waals surface area contributed by atoms with Crippen LogP contribution in [-0.2, 0) is 14.3 Å². The van der Waals surface area contributed by atoms with Gasteiger partial charge in [0.2, 0.25) is 0 Å². The molecule has 1 rings (SSSR count). The number of methoxy groups -OCH3 is 1. The molecule has 88 valence electrons. The summed E-state index contributed by atoms with van der Waals surface area (Å²) in [6, 6.07) is 5.94. The van der Waals surface area contributed by atoms with E-state index in [1.807, 2.05) is 26.0 Å². The lowest BCUT2D eigenvalue weighted by atomic mass is 10.0. The zero-order valence-electron chi connectivity index (χ0n) is 10.2. The van der Waals surface area contributed by atoms with Crippen molar-refractivity contribution in [3.05, 3.63) is 34.9 Å². The molecule has 3 heteroatoms. The molecule has 1 aromatic carbocycles. The van der Waals surface area contributed by atoms with Crippen LogP contribution in [0.1, 0.15) is 29.7 Å². The Morgan fingerprint density at radius 2 is 1.81 bits per heavy atom. The van der Waals surface area contributed by atoms with Gasteiger partial charge in [-0.25, -0.2) is 4.79 Å². The van der Waals surface area contributed by atoms with Gasteiger partial charge in [-0.2, -0.15) is 0 Å². The van der Waals surface area contributed by atoms with Crippen molar-refractivity contribution in [3.63, 3.8) is 0 Å². The lowest BCUT2D eigenvalue weighted by Gasteiger charge is -2.15. The van der Waals surface area contributed by atoms with Crippen molar-refractivity contribution in [2.45, 2.75) is 26.9 Å². The Morgan fingerprint density at radius 1 is 1.25 bits per heavy atom. The van der Waals surface area contributed by atoms with Crippen LogP contribution in [0.3, 0.4) is 0 Å². The van der Waals surface area contributed by atoms with Gasteiger partial charge in [0.15, 0.2) is 6.10 Å². The molecule has 1 unspecified atom stereocenters. The number of benzene rings is 1. The summed E-state index contributed by atoms with van der Waals surface area (Å²) in [6.07, 6.45) is -0.626. The summed E-state index contributed by atoms with van der Waals surface area (Å²) in [5, 5.41) is 0. The summed E-state index contributed by atoms with van der Waals surface area (Å²) in [7, 11) is 1.51. The smallest absolute Gasteiger partial charge is 0.339 e. The average Bonchev–Trinajstić information content (AvgIpc) is 2.17. The van der Waals surface area contributed by atoms with Gasteiger partial charge in [0.25, 0.3) is 0 Å². The quantitative estimate of drug-likeness (QED) is 0.734. The van der Waals surface area contributed by atoms with Crippen LogP contribution < -0.4 is 0 Å². The van der Waals surface area contributed by atoms with E-state index in [1.165, 1.54) is 7.11 Å². The van der Waals surface area contributed by atoms with E-state index in [0.717, 1.165) is 16.7 Å². The van der Waals surface area contributed by atoms with E-state index in [4.69, 9.17) is 9.47 Å². The number of rotatable bonds is 4. The van der Waals surface area contributed by atoms with E-state index in [0.29, 0.717) is 6.61 Å². The molecule has 0 aliphatic heterocycles. The number of esters is 1. The van der Waals surface area contributed by atoms with E-state index in [2.05, 4.69) is 6.07 Å². The molecule has 1 atom stereocenters. The SMILES string of the molecule is CCOC(=O)C(OC)c1cc(C)cc(C)c1. The van der Waals surface area contributed by atoms with Crippen LogP contribution in [0.5, 0.6) is 0 Å². The van der Waals surface area contributed by atoms with Crippen molar-refractivity contribution < 1.29 is 14.3 Å². The number of carbonyl (C=O) groups is 1. The molecule has 0 saturated heterocycles. The zero-order valence-corrected chi connectivity index (χ0v) is 10.2. The fourth-order valence-corrected chi connectivity index (χ4v) is 1.75. The highest BCUT2D eigenvalue weighted by atomic mass is 16.6. The second-order valence-electron chi connectivity index (χ2n) is 3.79. The van der Waals surface area contributed by atoms with Gasteiger partial charge in [-0.1, -0.05) is 29.3 Å². The highest BCUT2D eigenvalue weighted by molar-refractivity contribution is 5.76. The van der Waals surface area contributed by atoms with Crippen LogP contribution in [0, 0.1) is 13.8 Å². The van der Waals surface area contributed by atoms with Crippen molar-refractivity contribution in [3.8, 4) is 0 Å². The summed E-state index contributed by atoms with van der Waals surface area (Å²) in [4.78, 5) is 11.7. The molecule has 0 radical (unpaired) electrons. The second-order valence-corrected chi connectivity index (χ2v) is 3.79. The Kier molecular flexibility index (Phi) is 4.50. The molecule has 0 aliphatic carbocycles. The van der Waals surface area contributed by atoms with Gasteiger partial charge >= 0.3 is 5.97 Å². The lowest BCUT2D eigenvalue weighted by molar-refractivity contribution is -0.155. The number of hydrogen-bond donors (Lipinski definition) is 0. The van der Waals surface area contributed by atoms with Crippen molar-refractivity contribution in [1.29, 1.82) is 0 Å². The van der Waals surface area contributed by atoms with Crippen molar-refractivity contribution in [2.24, 2.45) is 0 Å². The second kappa shape index (κ2) is 5.66. The molecule has 0 N–H and O–H groups in total. The van der Waals surface area contributed by atoms with E-state index in [1.54, 1.807) is 6.92 Å². The van der Waals surface area contributed by atoms with Crippen LogP contribution >= 0.6 is 0 Å². The molecule has 16 heavy (non-hydrogen) atoms. The van der Waals surface area contributed by atoms with Gasteiger partial charge < -0.3 is 9.47 Å². The summed E-state index contributed by atoms with van der Waals surface area (Å²) >= 11 is 0. The third kappa shape index (κ3) is 3.07. The fourth-order valence-electron chi connectivity index (χ4n) is 1.75. The molecular weight excluding hydrogens is 204 g/mol. The average molecular weight is 222 g/mol. The first-order chi connectivity index (χ1) is 7.58. The molecular formula is C13H18O3. The molecule has 0 bridgehead atoms. The lowest BCUT2D eigenvalue weighted by Crippen LogP contribution is -2.17. The monoisotopic (exact) mass is 222 g/mol. The van der Waals surface area contributed by atoms with Gasteiger partial charge in [-0.05, 0) is 26.3 Å². The molecule has 3 nitrogen and oxygen atoms in total. The highest BCUT2D eigenvalue weighted by Crippen LogP contribution is 2.21. The minimum Gasteiger partial charge on any atom is -0.464 e. The Labute approximate surface area is 96.4 Å². The third-order valence-corrected chi connectivity index (χ3v) is 2.28. The first kappa shape index (κ1) is 12.7. The standard InChI is InChI=1S/C13H18O3/c1-5-16-13(14)12(15-4)11-7-9(2)6-10(3)8-11/h6-8,12H,5H2,1-4H3. The number of aryl methyl sites for hydroxylation is 2. The predicted molar refractivity (Wildman–Crippen MR) is 62.3 cm³/mol. The van der Waals surface area contributed by atoms with Crippen LogP contribution in [0.15, 0.2) is 18.2 Å². The highest BCUT2D eigenvalue weighted by Gasteiger charge is 2.21. The normalized spacial score (nSPS) is 12.2. The Hall–Kier alpha value is -1.35. The maximum Gasteiger partial charge on any atom is 0.339 e. The van der Waals surface area contributed by atoms with E-state index in [-0.39, 0.29) is 5.97 Å². The maximum absolute atomic E-state index is 11.7. The molecule has 0 saturated carbocycles. The first-order valence-electron chi connectivity index (χ1n) is 5.36. The van der Waals surface area contributed by atoms with Crippen molar-refractivity contribution in [1.82, 2.24) is 0 Å². The van der Waals surface area contributed by atoms with E-state index in [9.17, 15) is 4.79 Å². The van der Waals surface area contributed by atoms with Crippen LogP contribution in [0.2, 0.25) is 0 Å². The van der Waals surface area contributed by atoms with Crippen LogP contribution in [0.25, 0.3) is 0 Å². The Morgan fingerprint density at radius 3 is 2.25 bits per heavy atom. The van der Waals surface area contributed by atoms with Crippen molar-refractivity contribution in [2.75, 3.05) is 13.7 Å². The number of carbonyl (C=O) groups excluding carboxylic acids is 1. The molecule has 0 heterocycles. The summed E-state index contributed by atoms with van der Waals surface area (Å²) in [5.74, 6) is -0.338. The van der Waals surface area contributed by atoms with Gasteiger partial charge in [-0.15, -0.1) is 0 Å². The van der Waals surface area contributed by atoms with Crippen molar-refractivity contribution >= 4 is 5.97 Å². The van der Waals surface area contributed by atoms with Crippen LogP contribution in [0.4, 0.5) is 0 Å². The first-order valence-corrected chi connectivity index (χ1v) is 5.36. The third-order valence-electron chi connectivity index (χ3n) is 2.28. The molecule has 0 aromatic heterocycles. The maximum atomic E-state index is 11.7. The zero-order chi connectivity index (χ0) is 12.1. The van der Waals surface area contributed by atoms with Gasteiger partial charge in [0.05, 0.1) is 6.61 Å². The summed E-state index contributed by atoms with van der Waals surface area (Å²) in [6.45, 7) is 6.14. The minimum absolute atomic E-state index is 0.338. The van der Waals surface area contributed by atoms with Gasteiger partial charge in [0, 0.05) is 7.11 Å². The molecule has 0 spiro atoms. The molecule has 0 amide bonds. The Bertz CT molecular complexity index is 351. The van der Waals surface area contributed by atoms with Gasteiger partial charge in [0.1, 0.15) is 0 Å². The number of hydrogen-bond acceptors (Lipinski definition) is 3. The van der Waals surface area contributed by atoms with Crippen LogP contribution in [-0.4, -0.2) is 19.7 Å². The topological polar surface area (TPSA) is 35.5 Å². The summed E-state index contributed by atoms with van der Waals surface area (Å²) < 4.78 is 10.2. The fraction of sp³-hybridized carbons (Fsp3) is 0.462. The Balaban J connectivity index is 2.98. The molecule has 0 aliphatic rings. The minimum atomic E-state index is -0.626. The largest absolute Gasteiger partial charge is 0.464 e. The molecule has 1 aromatic rings. The van der Waals surface area contributed by atoms with E-state index < -0.39 is 6.10 Å². The predicted octanol–water partition coefficient (Wildman–Crippen LogP) is 2.55. The number of ether oxygens (including phenoxy) is 2. The molecule has 0 fully saturated rings. The summed E-state index contributed by atoms with van der Waals surface area (Å²) in [5.41, 5.74) is 3.07.